The number of benzene rings is 1. The Hall–Kier alpha value is -2.95. The largest absolute Gasteiger partial charge is 0.357 e. The van der Waals surface area contributed by atoms with Crippen molar-refractivity contribution in [2.45, 2.75) is 32.1 Å². The van der Waals surface area contributed by atoms with Crippen LogP contribution in [-0.2, 0) is 12.8 Å². The second kappa shape index (κ2) is 6.65. The topological polar surface area (TPSA) is 58.1 Å². The monoisotopic (exact) mass is 358 g/mol. The Labute approximate surface area is 158 Å². The maximum Gasteiger partial charge on any atom is 0.256 e. The Morgan fingerprint density at radius 2 is 1.85 bits per heavy atom. The van der Waals surface area contributed by atoms with Crippen molar-refractivity contribution < 1.29 is 4.79 Å². The lowest BCUT2D eigenvalue weighted by atomic mass is 10.0. The molecule has 1 aliphatic carbocycles. The van der Waals surface area contributed by atoms with E-state index >= 15 is 0 Å². The van der Waals surface area contributed by atoms with Crippen LogP contribution < -0.4 is 10.2 Å². The molecule has 1 aromatic carbocycles. The summed E-state index contributed by atoms with van der Waals surface area (Å²) in [5.41, 5.74) is 4.58. The molecule has 0 spiro atoms. The van der Waals surface area contributed by atoms with Gasteiger partial charge in [0.05, 0.1) is 23.0 Å². The smallest absolute Gasteiger partial charge is 0.256 e. The fourth-order valence-corrected chi connectivity index (χ4v) is 4.26. The fraction of sp³-hybridized carbons (Fsp3) is 0.318. The van der Waals surface area contributed by atoms with Crippen molar-refractivity contribution in [3.63, 3.8) is 0 Å². The van der Waals surface area contributed by atoms with Crippen LogP contribution in [0.5, 0.6) is 0 Å². The van der Waals surface area contributed by atoms with E-state index in [0.717, 1.165) is 71.6 Å². The molecule has 5 rings (SSSR count). The van der Waals surface area contributed by atoms with Gasteiger partial charge in [0.25, 0.3) is 5.91 Å². The molecule has 0 bridgehead atoms. The van der Waals surface area contributed by atoms with Gasteiger partial charge in [-0.25, -0.2) is 4.98 Å². The number of pyridine rings is 2. The standard InChI is InChI=1S/C22H22N4O/c27-22(24-15-10-11-20(23-14-15)26-12-3-4-13-26)21-16-6-1-2-8-18(16)25-19-9-5-7-17(19)21/h1-2,6,8,10-11,14H,3-5,7,9,12-13H2,(H,24,27). The van der Waals surface area contributed by atoms with E-state index < -0.39 is 0 Å². The SMILES string of the molecule is O=C(Nc1ccc(N2CCCC2)nc1)c1c2c(nc3ccccc13)CCC2. The molecule has 1 N–H and O–H groups in total. The lowest BCUT2D eigenvalue weighted by Crippen LogP contribution is -2.19. The second-order valence-corrected chi connectivity index (χ2v) is 7.34. The molecule has 1 aliphatic heterocycles. The van der Waals surface area contributed by atoms with Gasteiger partial charge in [0.1, 0.15) is 5.82 Å². The van der Waals surface area contributed by atoms with E-state index in [9.17, 15) is 4.79 Å². The number of fused-ring (bicyclic) bond motifs is 2. The van der Waals surface area contributed by atoms with E-state index in [1.807, 2.05) is 36.4 Å². The normalized spacial score (nSPS) is 15.9. The number of rotatable bonds is 3. The van der Waals surface area contributed by atoms with Gasteiger partial charge >= 0.3 is 0 Å². The van der Waals surface area contributed by atoms with Gasteiger partial charge in [0, 0.05) is 24.2 Å². The van der Waals surface area contributed by atoms with Crippen molar-refractivity contribution >= 4 is 28.3 Å². The summed E-state index contributed by atoms with van der Waals surface area (Å²) in [6.45, 7) is 2.13. The zero-order valence-corrected chi connectivity index (χ0v) is 15.2. The lowest BCUT2D eigenvalue weighted by molar-refractivity contribution is 0.102. The molecular formula is C22H22N4O. The van der Waals surface area contributed by atoms with Crippen molar-refractivity contribution in [2.24, 2.45) is 0 Å². The third-order valence-electron chi connectivity index (χ3n) is 5.58. The summed E-state index contributed by atoms with van der Waals surface area (Å²) in [6, 6.07) is 11.9. The summed E-state index contributed by atoms with van der Waals surface area (Å²) < 4.78 is 0. The van der Waals surface area contributed by atoms with Gasteiger partial charge in [-0.15, -0.1) is 0 Å². The number of para-hydroxylation sites is 1. The van der Waals surface area contributed by atoms with Gasteiger partial charge in [-0.1, -0.05) is 18.2 Å². The minimum Gasteiger partial charge on any atom is -0.357 e. The molecule has 5 heteroatoms. The third kappa shape index (κ3) is 2.93. The molecule has 1 saturated heterocycles. The number of anilines is 2. The van der Waals surface area contributed by atoms with Crippen LogP contribution >= 0.6 is 0 Å². The Bertz CT molecular complexity index is 1010. The number of nitrogens with one attached hydrogen (secondary N) is 1. The minimum absolute atomic E-state index is 0.0672. The molecule has 3 aromatic rings. The predicted octanol–water partition coefficient (Wildman–Crippen LogP) is 3.97. The predicted molar refractivity (Wildman–Crippen MR) is 107 cm³/mol. The van der Waals surface area contributed by atoms with E-state index in [1.165, 1.54) is 12.8 Å². The zero-order valence-electron chi connectivity index (χ0n) is 15.2. The molecule has 3 heterocycles. The summed E-state index contributed by atoms with van der Waals surface area (Å²) in [5, 5.41) is 3.98. The number of carbonyl (C=O) groups is 1. The maximum absolute atomic E-state index is 13.2. The van der Waals surface area contributed by atoms with Gasteiger partial charge in [-0.2, -0.15) is 0 Å². The van der Waals surface area contributed by atoms with E-state index in [-0.39, 0.29) is 5.91 Å². The van der Waals surface area contributed by atoms with E-state index in [2.05, 4.69) is 15.2 Å². The molecule has 0 atom stereocenters. The molecule has 27 heavy (non-hydrogen) atoms. The van der Waals surface area contributed by atoms with Crippen LogP contribution in [0.1, 0.15) is 40.9 Å². The number of amides is 1. The quantitative estimate of drug-likeness (QED) is 0.770. The molecule has 0 radical (unpaired) electrons. The number of aromatic nitrogens is 2. The average molecular weight is 358 g/mol. The average Bonchev–Trinajstić information content (AvgIpc) is 3.38. The number of nitrogens with zero attached hydrogens (tertiary/aromatic N) is 3. The first kappa shape index (κ1) is 16.2. The van der Waals surface area contributed by atoms with Crippen molar-refractivity contribution in [3.8, 4) is 0 Å². The number of hydrogen-bond acceptors (Lipinski definition) is 4. The molecule has 0 saturated carbocycles. The molecule has 5 nitrogen and oxygen atoms in total. The van der Waals surface area contributed by atoms with Crippen molar-refractivity contribution in [1.82, 2.24) is 9.97 Å². The number of aryl methyl sites for hydroxylation is 1. The Morgan fingerprint density at radius 3 is 2.67 bits per heavy atom. The van der Waals surface area contributed by atoms with E-state index in [0.29, 0.717) is 0 Å². The van der Waals surface area contributed by atoms with E-state index in [1.54, 1.807) is 6.20 Å². The van der Waals surface area contributed by atoms with Crippen LogP contribution in [0.2, 0.25) is 0 Å². The first-order valence-corrected chi connectivity index (χ1v) is 9.72. The summed E-state index contributed by atoms with van der Waals surface area (Å²) in [6.07, 6.45) is 7.13. The molecule has 1 amide bonds. The minimum atomic E-state index is -0.0672. The molecule has 0 unspecified atom stereocenters. The Kier molecular flexibility index (Phi) is 4.00. The van der Waals surface area contributed by atoms with Gasteiger partial charge in [-0.3, -0.25) is 9.78 Å². The Morgan fingerprint density at radius 1 is 1.00 bits per heavy atom. The highest BCUT2D eigenvalue weighted by molar-refractivity contribution is 6.13. The first-order chi connectivity index (χ1) is 13.3. The van der Waals surface area contributed by atoms with Crippen LogP contribution in [-0.4, -0.2) is 29.0 Å². The van der Waals surface area contributed by atoms with Gasteiger partial charge < -0.3 is 10.2 Å². The maximum atomic E-state index is 13.2. The lowest BCUT2D eigenvalue weighted by Gasteiger charge is -2.17. The Balaban J connectivity index is 1.46. The number of hydrogen-bond donors (Lipinski definition) is 1. The summed E-state index contributed by atoms with van der Waals surface area (Å²) in [7, 11) is 0. The molecular weight excluding hydrogens is 336 g/mol. The van der Waals surface area contributed by atoms with Crippen molar-refractivity contribution in [3.05, 3.63) is 59.4 Å². The molecule has 1 fully saturated rings. The zero-order chi connectivity index (χ0) is 18.2. The highest BCUT2D eigenvalue weighted by Gasteiger charge is 2.24. The number of carbonyl (C=O) groups excluding carboxylic acids is 1. The van der Waals surface area contributed by atoms with Gasteiger partial charge in [-0.05, 0) is 55.9 Å². The van der Waals surface area contributed by atoms with Crippen LogP contribution in [0, 0.1) is 0 Å². The van der Waals surface area contributed by atoms with Crippen LogP contribution in [0.4, 0.5) is 11.5 Å². The highest BCUT2D eigenvalue weighted by atomic mass is 16.1. The molecule has 2 aromatic heterocycles. The van der Waals surface area contributed by atoms with Crippen LogP contribution in [0.15, 0.2) is 42.6 Å². The van der Waals surface area contributed by atoms with Crippen LogP contribution in [0.3, 0.4) is 0 Å². The van der Waals surface area contributed by atoms with Crippen LogP contribution in [0.25, 0.3) is 10.9 Å². The molecule has 2 aliphatic rings. The van der Waals surface area contributed by atoms with Crippen molar-refractivity contribution in [1.29, 1.82) is 0 Å². The van der Waals surface area contributed by atoms with Gasteiger partial charge in [0.15, 0.2) is 0 Å². The molecule has 136 valence electrons. The fourth-order valence-electron chi connectivity index (χ4n) is 4.26. The second-order valence-electron chi connectivity index (χ2n) is 7.34. The third-order valence-corrected chi connectivity index (χ3v) is 5.58. The summed E-state index contributed by atoms with van der Waals surface area (Å²) >= 11 is 0. The van der Waals surface area contributed by atoms with Crippen molar-refractivity contribution in [2.75, 3.05) is 23.3 Å². The summed E-state index contributed by atoms with van der Waals surface area (Å²) in [4.78, 5) is 24.7. The summed E-state index contributed by atoms with van der Waals surface area (Å²) in [5.74, 6) is 0.920. The highest BCUT2D eigenvalue weighted by Crippen LogP contribution is 2.30. The first-order valence-electron chi connectivity index (χ1n) is 9.72. The van der Waals surface area contributed by atoms with E-state index in [4.69, 9.17) is 4.98 Å². The van der Waals surface area contributed by atoms with Gasteiger partial charge in [0.2, 0.25) is 0 Å².